The first-order valence-electron chi connectivity index (χ1n) is 14.6. The highest BCUT2D eigenvalue weighted by molar-refractivity contribution is 5.91. The van der Waals surface area contributed by atoms with E-state index in [1.165, 1.54) is 18.4 Å². The van der Waals surface area contributed by atoms with Gasteiger partial charge in [0.05, 0.1) is 0 Å². The van der Waals surface area contributed by atoms with Crippen molar-refractivity contribution in [1.82, 2.24) is 20.0 Å². The van der Waals surface area contributed by atoms with Crippen LogP contribution in [0.15, 0.2) is 54.6 Å². The molecular formula is C31H39N5O3. The summed E-state index contributed by atoms with van der Waals surface area (Å²) in [7, 11) is 0. The number of amides is 5. The number of nitrogens with one attached hydrogen (secondary N) is 2. The van der Waals surface area contributed by atoms with Gasteiger partial charge in [-0.2, -0.15) is 0 Å². The topological polar surface area (TPSA) is 85.0 Å². The van der Waals surface area contributed by atoms with Crippen LogP contribution in [0.25, 0.3) is 0 Å². The molecule has 1 saturated carbocycles. The minimum atomic E-state index is -0.488. The number of anilines is 1. The Morgan fingerprint density at radius 3 is 2.38 bits per heavy atom. The Morgan fingerprint density at radius 2 is 1.62 bits per heavy atom. The molecule has 0 bridgehead atoms. The molecule has 4 aliphatic rings. The van der Waals surface area contributed by atoms with Gasteiger partial charge < -0.3 is 25.3 Å². The highest BCUT2D eigenvalue weighted by Gasteiger charge is 2.37. The molecule has 6 rings (SSSR count). The van der Waals surface area contributed by atoms with Crippen LogP contribution in [0.5, 0.6) is 0 Å². The van der Waals surface area contributed by atoms with E-state index in [-0.39, 0.29) is 29.9 Å². The van der Waals surface area contributed by atoms with Gasteiger partial charge in [0.15, 0.2) is 0 Å². The van der Waals surface area contributed by atoms with E-state index in [1.807, 2.05) is 39.0 Å². The van der Waals surface area contributed by atoms with E-state index in [0.29, 0.717) is 32.0 Å². The van der Waals surface area contributed by atoms with E-state index < -0.39 is 6.04 Å². The van der Waals surface area contributed by atoms with Gasteiger partial charge in [-0.1, -0.05) is 48.5 Å². The summed E-state index contributed by atoms with van der Waals surface area (Å²) < 4.78 is 0. The third kappa shape index (κ3) is 5.89. The number of hydrogen-bond donors (Lipinski definition) is 2. The Bertz CT molecular complexity index is 1190. The molecule has 3 fully saturated rings. The minimum absolute atomic E-state index is 0.0596. The van der Waals surface area contributed by atoms with E-state index in [0.717, 1.165) is 50.0 Å². The molecule has 2 atom stereocenters. The van der Waals surface area contributed by atoms with Gasteiger partial charge in [0.2, 0.25) is 5.91 Å². The smallest absolute Gasteiger partial charge is 0.322 e. The van der Waals surface area contributed by atoms with Crippen molar-refractivity contribution >= 4 is 23.7 Å². The van der Waals surface area contributed by atoms with Gasteiger partial charge in [0.1, 0.15) is 6.04 Å². The zero-order chi connectivity index (χ0) is 26.8. The van der Waals surface area contributed by atoms with Crippen molar-refractivity contribution < 1.29 is 14.4 Å². The third-order valence-corrected chi connectivity index (χ3v) is 8.93. The molecule has 2 saturated heterocycles. The van der Waals surface area contributed by atoms with Crippen molar-refractivity contribution in [2.75, 3.05) is 38.0 Å². The van der Waals surface area contributed by atoms with Crippen LogP contribution in [0.1, 0.15) is 55.6 Å². The molecule has 5 amide bonds. The summed E-state index contributed by atoms with van der Waals surface area (Å²) in [6.45, 7) is 3.34. The van der Waals surface area contributed by atoms with Crippen molar-refractivity contribution in [3.8, 4) is 0 Å². The van der Waals surface area contributed by atoms with E-state index in [2.05, 4.69) is 41.0 Å². The zero-order valence-electron chi connectivity index (χ0n) is 22.6. The van der Waals surface area contributed by atoms with Gasteiger partial charge in [0, 0.05) is 50.4 Å². The number of piperidine rings is 1. The number of carbonyl (C=O) groups excluding carboxylic acids is 3. The largest absolute Gasteiger partial charge is 0.340 e. The normalized spacial score (nSPS) is 24.5. The summed E-state index contributed by atoms with van der Waals surface area (Å²) in [4.78, 5) is 45.6. The molecular weight excluding hydrogens is 490 g/mol. The number of carbonyl (C=O) groups is 3. The second-order valence-electron chi connectivity index (χ2n) is 11.6. The third-order valence-electron chi connectivity index (χ3n) is 8.93. The van der Waals surface area contributed by atoms with Crippen LogP contribution in [0.2, 0.25) is 0 Å². The summed E-state index contributed by atoms with van der Waals surface area (Å²) in [6.07, 6.45) is 6.19. The zero-order valence-corrected chi connectivity index (χ0v) is 22.6. The predicted molar refractivity (Wildman–Crippen MR) is 151 cm³/mol. The number of benzene rings is 2. The maximum atomic E-state index is 13.6. The summed E-state index contributed by atoms with van der Waals surface area (Å²) in [5.41, 5.74) is 3.31. The molecule has 0 spiro atoms. The van der Waals surface area contributed by atoms with Gasteiger partial charge in [-0.05, 0) is 68.1 Å². The van der Waals surface area contributed by atoms with Crippen molar-refractivity contribution in [2.45, 2.75) is 62.9 Å². The number of urea groups is 2. The van der Waals surface area contributed by atoms with E-state index in [4.69, 9.17) is 0 Å². The molecule has 0 radical (unpaired) electrons. The molecule has 3 aliphatic heterocycles. The van der Waals surface area contributed by atoms with E-state index >= 15 is 0 Å². The Kier molecular flexibility index (Phi) is 7.44. The van der Waals surface area contributed by atoms with Gasteiger partial charge in [0.25, 0.3) is 0 Å². The minimum Gasteiger partial charge on any atom is -0.340 e. The summed E-state index contributed by atoms with van der Waals surface area (Å²) in [5, 5.41) is 6.16. The average Bonchev–Trinajstić information content (AvgIpc) is 3.81. The summed E-state index contributed by atoms with van der Waals surface area (Å²) in [6, 6.07) is 17.8. The highest BCUT2D eigenvalue weighted by Crippen LogP contribution is 2.33. The molecule has 2 aromatic carbocycles. The Morgan fingerprint density at radius 1 is 0.872 bits per heavy atom. The van der Waals surface area contributed by atoms with E-state index in [1.54, 1.807) is 0 Å². The quantitative estimate of drug-likeness (QED) is 0.601. The predicted octanol–water partition coefficient (Wildman–Crippen LogP) is 4.44. The number of nitrogens with zero attached hydrogens (tertiary/aromatic N) is 3. The first-order valence-corrected chi connectivity index (χ1v) is 14.6. The number of hydrogen-bond acceptors (Lipinski definition) is 3. The van der Waals surface area contributed by atoms with Crippen LogP contribution in [-0.4, -0.2) is 77.5 Å². The lowest BCUT2D eigenvalue weighted by Crippen LogP contribution is -2.55. The van der Waals surface area contributed by atoms with Gasteiger partial charge in [-0.25, -0.2) is 9.59 Å². The number of para-hydroxylation sites is 1. The van der Waals surface area contributed by atoms with Crippen molar-refractivity contribution in [1.29, 1.82) is 0 Å². The highest BCUT2D eigenvalue weighted by atomic mass is 16.2. The Labute approximate surface area is 230 Å². The monoisotopic (exact) mass is 529 g/mol. The first-order chi connectivity index (χ1) is 19.0. The van der Waals surface area contributed by atoms with Crippen LogP contribution in [0.4, 0.5) is 15.3 Å². The SMILES string of the molecule is O=C(N[C@@H]1CC[C@@H](c2ccccc2)CN(CC2CC2)C1=O)N1CCC(N2CCc3ccccc3NC2=O)CC1. The fourth-order valence-corrected chi connectivity index (χ4v) is 6.43. The van der Waals surface area contributed by atoms with Crippen LogP contribution in [0.3, 0.4) is 0 Å². The lowest BCUT2D eigenvalue weighted by Gasteiger charge is -2.38. The lowest BCUT2D eigenvalue weighted by molar-refractivity contribution is -0.133. The molecule has 3 heterocycles. The maximum Gasteiger partial charge on any atom is 0.322 e. The molecule has 2 aromatic rings. The second-order valence-corrected chi connectivity index (χ2v) is 11.6. The van der Waals surface area contributed by atoms with Gasteiger partial charge in [-0.15, -0.1) is 0 Å². The van der Waals surface area contributed by atoms with Crippen molar-refractivity contribution in [3.05, 3.63) is 65.7 Å². The van der Waals surface area contributed by atoms with Crippen LogP contribution in [0, 0.1) is 5.92 Å². The fraction of sp³-hybridized carbons (Fsp3) is 0.516. The fourth-order valence-electron chi connectivity index (χ4n) is 6.43. The van der Waals surface area contributed by atoms with Crippen molar-refractivity contribution in [2.24, 2.45) is 5.92 Å². The molecule has 206 valence electrons. The average molecular weight is 530 g/mol. The first kappa shape index (κ1) is 25.7. The summed E-state index contributed by atoms with van der Waals surface area (Å²) >= 11 is 0. The van der Waals surface area contributed by atoms with E-state index in [9.17, 15) is 14.4 Å². The second kappa shape index (κ2) is 11.3. The molecule has 2 N–H and O–H groups in total. The molecule has 0 unspecified atom stereocenters. The van der Waals surface area contributed by atoms with Gasteiger partial charge in [-0.3, -0.25) is 4.79 Å². The molecule has 1 aliphatic carbocycles. The molecule has 39 heavy (non-hydrogen) atoms. The van der Waals surface area contributed by atoms with Crippen LogP contribution >= 0.6 is 0 Å². The summed E-state index contributed by atoms with van der Waals surface area (Å²) in [5.74, 6) is 0.949. The van der Waals surface area contributed by atoms with Gasteiger partial charge >= 0.3 is 12.1 Å². The molecule has 8 nitrogen and oxygen atoms in total. The number of rotatable bonds is 5. The molecule has 0 aromatic heterocycles. The maximum absolute atomic E-state index is 13.6. The number of likely N-dealkylation sites (tertiary alicyclic amines) is 2. The Hall–Kier alpha value is -3.55. The number of fused-ring (bicyclic) bond motifs is 1. The van der Waals surface area contributed by atoms with Crippen LogP contribution in [-0.2, 0) is 11.2 Å². The Balaban J connectivity index is 1.05. The van der Waals surface area contributed by atoms with Crippen LogP contribution < -0.4 is 10.6 Å². The standard InChI is InChI=1S/C31H39N5O3/c37-29-28(13-12-25(23-6-2-1-3-7-23)21-35(29)20-22-10-11-22)33-30(38)34-17-15-26(16-18-34)36-19-14-24-8-4-5-9-27(24)32-31(36)39/h1-9,22,25-26,28H,10-21H2,(H,32,39)(H,33,38)/t25-,28-/m1/s1. The molecule has 8 heteroatoms. The lowest BCUT2D eigenvalue weighted by atomic mass is 9.93. The van der Waals surface area contributed by atoms with Crippen molar-refractivity contribution in [3.63, 3.8) is 0 Å².